The molecule has 1 heteroatoms. The first kappa shape index (κ1) is 15.3. The van der Waals surface area contributed by atoms with E-state index < -0.39 is 0 Å². The second kappa shape index (κ2) is 6.67. The minimum absolute atomic E-state index is 0.826. The van der Waals surface area contributed by atoms with Gasteiger partial charge in [-0.15, -0.1) is 5.73 Å². The SMILES string of the molecule is CC(C=C=C1C2CC3CC(C2)CC1C3)=CC=CC(C)=CC=O. The summed E-state index contributed by atoms with van der Waals surface area (Å²) in [5, 5.41) is 0. The van der Waals surface area contributed by atoms with Gasteiger partial charge in [-0.1, -0.05) is 18.2 Å². The third kappa shape index (κ3) is 3.42. The van der Waals surface area contributed by atoms with Crippen LogP contribution in [-0.2, 0) is 4.79 Å². The summed E-state index contributed by atoms with van der Waals surface area (Å²) in [7, 11) is 0. The summed E-state index contributed by atoms with van der Waals surface area (Å²) in [6, 6.07) is 0. The van der Waals surface area contributed by atoms with Crippen LogP contribution in [0.2, 0.25) is 0 Å². The van der Waals surface area contributed by atoms with E-state index in [-0.39, 0.29) is 0 Å². The van der Waals surface area contributed by atoms with Crippen LogP contribution in [0.5, 0.6) is 0 Å². The summed E-state index contributed by atoms with van der Waals surface area (Å²) in [5.41, 5.74) is 7.45. The average molecular weight is 294 g/mol. The molecule has 4 fully saturated rings. The van der Waals surface area contributed by atoms with E-state index in [0.717, 1.165) is 35.5 Å². The van der Waals surface area contributed by atoms with E-state index >= 15 is 0 Å². The lowest BCUT2D eigenvalue weighted by Crippen LogP contribution is -2.40. The second-order valence-electron chi connectivity index (χ2n) is 7.36. The summed E-state index contributed by atoms with van der Waals surface area (Å²) in [6.07, 6.45) is 17.8. The van der Waals surface area contributed by atoms with Gasteiger partial charge < -0.3 is 0 Å². The molecule has 0 radical (unpaired) electrons. The molecule has 0 aromatic heterocycles. The molecule has 0 aromatic carbocycles. The highest BCUT2D eigenvalue weighted by Gasteiger charge is 2.44. The maximum atomic E-state index is 10.4. The highest BCUT2D eigenvalue weighted by atomic mass is 16.1. The molecule has 0 heterocycles. The molecule has 22 heavy (non-hydrogen) atoms. The van der Waals surface area contributed by atoms with Crippen LogP contribution in [0.3, 0.4) is 0 Å². The molecule has 116 valence electrons. The quantitative estimate of drug-likeness (QED) is 0.302. The van der Waals surface area contributed by atoms with Gasteiger partial charge in [0.2, 0.25) is 0 Å². The Bertz CT molecular complexity index is 563. The van der Waals surface area contributed by atoms with Crippen LogP contribution < -0.4 is 0 Å². The Morgan fingerprint density at radius 3 is 2.18 bits per heavy atom. The van der Waals surface area contributed by atoms with E-state index in [9.17, 15) is 4.79 Å². The van der Waals surface area contributed by atoms with Crippen LogP contribution in [0.25, 0.3) is 0 Å². The zero-order valence-corrected chi connectivity index (χ0v) is 13.7. The summed E-state index contributed by atoms with van der Waals surface area (Å²) < 4.78 is 0. The van der Waals surface area contributed by atoms with Crippen molar-refractivity contribution in [2.24, 2.45) is 23.7 Å². The van der Waals surface area contributed by atoms with Crippen molar-refractivity contribution in [2.75, 3.05) is 0 Å². The number of aldehydes is 1. The van der Waals surface area contributed by atoms with E-state index in [4.69, 9.17) is 0 Å². The first-order chi connectivity index (χ1) is 10.7. The molecular weight excluding hydrogens is 268 g/mol. The van der Waals surface area contributed by atoms with Gasteiger partial charge in [0, 0.05) is 0 Å². The van der Waals surface area contributed by atoms with Crippen LogP contribution in [-0.4, -0.2) is 6.29 Å². The van der Waals surface area contributed by atoms with E-state index in [1.165, 1.54) is 37.7 Å². The Labute approximate surface area is 134 Å². The monoisotopic (exact) mass is 294 g/mol. The molecule has 4 aliphatic carbocycles. The standard InChI is InChI=1S/C21H26O/c1-15(4-3-5-16(2)8-9-22)6-7-21-19-11-17-10-18(13-19)14-20(21)12-17/h3-6,8-9,17-20H,10-14H2,1-2H3. The average Bonchev–Trinajstić information content (AvgIpc) is 2.46. The highest BCUT2D eigenvalue weighted by Crippen LogP contribution is 2.55. The first-order valence-corrected chi connectivity index (χ1v) is 8.59. The van der Waals surface area contributed by atoms with Crippen LogP contribution in [0.4, 0.5) is 0 Å². The Kier molecular flexibility index (Phi) is 4.64. The third-order valence-corrected chi connectivity index (χ3v) is 5.53. The van der Waals surface area contributed by atoms with Crippen LogP contribution in [0.1, 0.15) is 46.0 Å². The smallest absolute Gasteiger partial charge is 0.143 e. The molecule has 0 unspecified atom stereocenters. The minimum Gasteiger partial charge on any atom is -0.299 e. The normalized spacial score (nSPS) is 34.2. The van der Waals surface area contributed by atoms with Crippen LogP contribution in [0.15, 0.2) is 52.8 Å². The fourth-order valence-electron chi connectivity index (χ4n) is 4.69. The lowest BCUT2D eigenvalue weighted by molar-refractivity contribution is -0.104. The Morgan fingerprint density at radius 2 is 1.59 bits per heavy atom. The zero-order valence-electron chi connectivity index (χ0n) is 13.7. The molecule has 4 bridgehead atoms. The Hall–Kier alpha value is -1.59. The number of rotatable bonds is 4. The van der Waals surface area contributed by atoms with Crippen molar-refractivity contribution in [1.82, 2.24) is 0 Å². The maximum absolute atomic E-state index is 10.4. The lowest BCUT2D eigenvalue weighted by atomic mass is 9.54. The van der Waals surface area contributed by atoms with Crippen molar-refractivity contribution in [2.45, 2.75) is 46.0 Å². The van der Waals surface area contributed by atoms with Gasteiger partial charge in [-0.25, -0.2) is 0 Å². The molecule has 0 spiro atoms. The van der Waals surface area contributed by atoms with Crippen molar-refractivity contribution in [3.8, 4) is 0 Å². The van der Waals surface area contributed by atoms with Crippen molar-refractivity contribution >= 4 is 6.29 Å². The molecule has 1 nitrogen and oxygen atoms in total. The predicted octanol–water partition coefficient (Wildman–Crippen LogP) is 5.17. The molecule has 0 aliphatic heterocycles. The molecule has 0 N–H and O–H groups in total. The molecule has 0 aromatic rings. The summed E-state index contributed by atoms with van der Waals surface area (Å²) in [6.45, 7) is 4.05. The molecule has 4 rings (SSSR count). The largest absolute Gasteiger partial charge is 0.299 e. The first-order valence-electron chi connectivity index (χ1n) is 8.59. The summed E-state index contributed by atoms with van der Waals surface area (Å²) in [4.78, 5) is 10.4. The van der Waals surface area contributed by atoms with E-state index in [1.807, 2.05) is 19.1 Å². The number of hydrogen-bond donors (Lipinski definition) is 0. The van der Waals surface area contributed by atoms with E-state index in [0.29, 0.717) is 0 Å². The van der Waals surface area contributed by atoms with Gasteiger partial charge in [0.15, 0.2) is 0 Å². The fraction of sp³-hybridized carbons (Fsp3) is 0.524. The van der Waals surface area contributed by atoms with Crippen molar-refractivity contribution < 1.29 is 4.79 Å². The highest BCUT2D eigenvalue weighted by molar-refractivity contribution is 5.66. The summed E-state index contributed by atoms with van der Waals surface area (Å²) >= 11 is 0. The predicted molar refractivity (Wildman–Crippen MR) is 91.4 cm³/mol. The van der Waals surface area contributed by atoms with Crippen LogP contribution in [0, 0.1) is 23.7 Å². The molecule has 0 amide bonds. The number of hydrogen-bond acceptors (Lipinski definition) is 1. The molecular formula is C21H26O. The van der Waals surface area contributed by atoms with Gasteiger partial charge in [-0.2, -0.15) is 0 Å². The van der Waals surface area contributed by atoms with Gasteiger partial charge in [0.25, 0.3) is 0 Å². The van der Waals surface area contributed by atoms with Crippen molar-refractivity contribution in [3.05, 3.63) is 52.8 Å². The molecule has 0 saturated heterocycles. The lowest BCUT2D eigenvalue weighted by Gasteiger charge is -2.50. The minimum atomic E-state index is 0.826. The topological polar surface area (TPSA) is 17.1 Å². The van der Waals surface area contributed by atoms with Gasteiger partial charge in [-0.05, 0) is 98.5 Å². The van der Waals surface area contributed by atoms with Crippen LogP contribution >= 0.6 is 0 Å². The Balaban J connectivity index is 1.70. The Morgan fingerprint density at radius 1 is 0.955 bits per heavy atom. The van der Waals surface area contributed by atoms with Crippen molar-refractivity contribution in [1.29, 1.82) is 0 Å². The molecule has 4 aliphatic rings. The van der Waals surface area contributed by atoms with Gasteiger partial charge >= 0.3 is 0 Å². The zero-order chi connectivity index (χ0) is 15.5. The molecule has 4 saturated carbocycles. The molecule has 0 atom stereocenters. The second-order valence-corrected chi connectivity index (χ2v) is 7.36. The third-order valence-electron chi connectivity index (χ3n) is 5.53. The number of allylic oxidation sites excluding steroid dienone is 7. The van der Waals surface area contributed by atoms with E-state index in [2.05, 4.69) is 24.8 Å². The van der Waals surface area contributed by atoms with Crippen molar-refractivity contribution in [3.63, 3.8) is 0 Å². The number of carbonyl (C=O) groups excluding carboxylic acids is 1. The van der Waals surface area contributed by atoms with E-state index in [1.54, 1.807) is 11.6 Å². The van der Waals surface area contributed by atoms with Gasteiger partial charge in [0.05, 0.1) is 0 Å². The van der Waals surface area contributed by atoms with Gasteiger partial charge in [-0.3, -0.25) is 4.79 Å². The number of carbonyl (C=O) groups is 1. The maximum Gasteiger partial charge on any atom is 0.143 e. The van der Waals surface area contributed by atoms with Gasteiger partial charge in [0.1, 0.15) is 6.29 Å². The summed E-state index contributed by atoms with van der Waals surface area (Å²) in [5.74, 6) is 3.68. The fourth-order valence-corrected chi connectivity index (χ4v) is 4.69.